The monoisotopic (exact) mass is 382 g/mol. The summed E-state index contributed by atoms with van der Waals surface area (Å²) in [6.45, 7) is 4.40. The van der Waals surface area contributed by atoms with Crippen LogP contribution in [0.3, 0.4) is 0 Å². The van der Waals surface area contributed by atoms with Gasteiger partial charge in [-0.25, -0.2) is 0 Å². The first-order valence-corrected chi connectivity index (χ1v) is 10.2. The fourth-order valence-electron chi connectivity index (χ4n) is 4.81. The van der Waals surface area contributed by atoms with E-state index in [9.17, 15) is 5.11 Å². The van der Waals surface area contributed by atoms with Gasteiger partial charge in [0, 0.05) is 34.8 Å². The van der Waals surface area contributed by atoms with E-state index in [1.807, 2.05) is 12.4 Å². The summed E-state index contributed by atoms with van der Waals surface area (Å²) < 4.78 is 0. The molecule has 0 amide bonds. The minimum absolute atomic E-state index is 0.103. The minimum atomic E-state index is -0.371. The second-order valence-corrected chi connectivity index (χ2v) is 8.53. The number of aliphatic hydroxyl groups is 1. The zero-order valence-electron chi connectivity index (χ0n) is 16.9. The molecule has 5 rings (SSSR count). The molecule has 0 aliphatic heterocycles. The fourth-order valence-corrected chi connectivity index (χ4v) is 4.81. The van der Waals surface area contributed by atoms with E-state index in [4.69, 9.17) is 0 Å². The van der Waals surface area contributed by atoms with Crippen LogP contribution in [0.15, 0.2) is 72.6 Å². The lowest BCUT2D eigenvalue weighted by molar-refractivity contribution is 0.223. The predicted molar refractivity (Wildman–Crippen MR) is 121 cm³/mol. The lowest BCUT2D eigenvalue weighted by Gasteiger charge is -2.25. The third-order valence-electron chi connectivity index (χ3n) is 6.23. The molecule has 4 aromatic rings. The quantitative estimate of drug-likeness (QED) is 0.370. The standard InChI is InChI=1S/C26H26N2O/c1-17(2)11-21-15-26(16-29,23-13-20-7-10-28-25(20)14-22(21)23)8-5-18-3-4-24-19(12-18)6-9-27-24/h3-14,21,27-29H,15-16H2,1-2H3/b8-5+/t21-,26-/m0/s1. The molecule has 3 nitrogen and oxygen atoms in total. The molecule has 0 saturated heterocycles. The van der Waals surface area contributed by atoms with Crippen molar-refractivity contribution >= 4 is 27.9 Å². The van der Waals surface area contributed by atoms with Gasteiger partial charge >= 0.3 is 0 Å². The van der Waals surface area contributed by atoms with E-state index in [-0.39, 0.29) is 12.0 Å². The van der Waals surface area contributed by atoms with Crippen molar-refractivity contribution < 1.29 is 5.11 Å². The number of hydrogen-bond donors (Lipinski definition) is 3. The number of nitrogens with one attached hydrogen (secondary N) is 2. The normalized spacial score (nSPS) is 21.3. The van der Waals surface area contributed by atoms with Crippen LogP contribution in [0.2, 0.25) is 0 Å². The van der Waals surface area contributed by atoms with Crippen LogP contribution in [-0.4, -0.2) is 21.7 Å². The molecule has 146 valence electrons. The summed E-state index contributed by atoms with van der Waals surface area (Å²) in [6.07, 6.45) is 11.6. The first kappa shape index (κ1) is 18.0. The molecule has 3 N–H and O–H groups in total. The highest BCUT2D eigenvalue weighted by Gasteiger charge is 2.41. The van der Waals surface area contributed by atoms with Crippen molar-refractivity contribution in [2.24, 2.45) is 0 Å². The van der Waals surface area contributed by atoms with E-state index in [0.717, 1.165) is 23.0 Å². The summed E-state index contributed by atoms with van der Waals surface area (Å²) in [4.78, 5) is 6.58. The first-order valence-electron chi connectivity index (χ1n) is 10.2. The Balaban J connectivity index is 1.62. The van der Waals surface area contributed by atoms with Gasteiger partial charge in [-0.05, 0) is 84.1 Å². The van der Waals surface area contributed by atoms with Crippen molar-refractivity contribution in [3.63, 3.8) is 0 Å². The Morgan fingerprint density at radius 1 is 1.03 bits per heavy atom. The maximum absolute atomic E-state index is 10.6. The predicted octanol–water partition coefficient (Wildman–Crippen LogP) is 6.05. The zero-order valence-corrected chi connectivity index (χ0v) is 16.9. The number of fused-ring (bicyclic) bond motifs is 3. The Kier molecular flexibility index (Phi) is 4.21. The smallest absolute Gasteiger partial charge is 0.0563 e. The molecule has 29 heavy (non-hydrogen) atoms. The largest absolute Gasteiger partial charge is 0.395 e. The Morgan fingerprint density at radius 2 is 1.79 bits per heavy atom. The molecular weight excluding hydrogens is 356 g/mol. The van der Waals surface area contributed by atoms with Crippen LogP contribution < -0.4 is 0 Å². The Morgan fingerprint density at radius 3 is 2.55 bits per heavy atom. The van der Waals surface area contributed by atoms with Crippen molar-refractivity contribution in [1.82, 2.24) is 9.97 Å². The third-order valence-corrected chi connectivity index (χ3v) is 6.23. The van der Waals surface area contributed by atoms with Gasteiger partial charge in [0.15, 0.2) is 0 Å². The number of H-pyrrole nitrogens is 2. The lowest BCUT2D eigenvalue weighted by atomic mass is 9.81. The third kappa shape index (κ3) is 3.02. The number of benzene rings is 2. The Labute approximate surface area is 170 Å². The summed E-state index contributed by atoms with van der Waals surface area (Å²) >= 11 is 0. The average Bonchev–Trinajstić information content (AvgIpc) is 3.42. The van der Waals surface area contributed by atoms with Crippen LogP contribution in [0, 0.1) is 0 Å². The van der Waals surface area contributed by atoms with Crippen molar-refractivity contribution in [2.75, 3.05) is 6.61 Å². The molecule has 2 aromatic heterocycles. The van der Waals surface area contributed by atoms with Crippen molar-refractivity contribution in [2.45, 2.75) is 31.6 Å². The highest BCUT2D eigenvalue weighted by atomic mass is 16.3. The van der Waals surface area contributed by atoms with E-state index in [1.165, 1.54) is 27.5 Å². The van der Waals surface area contributed by atoms with Gasteiger partial charge in [0.1, 0.15) is 0 Å². The van der Waals surface area contributed by atoms with Crippen LogP contribution in [0.1, 0.15) is 42.9 Å². The Hall–Kier alpha value is -3.04. The highest BCUT2D eigenvalue weighted by molar-refractivity contribution is 5.84. The van der Waals surface area contributed by atoms with Gasteiger partial charge in [0.2, 0.25) is 0 Å². The fraction of sp³-hybridized carbons (Fsp3) is 0.231. The topological polar surface area (TPSA) is 51.8 Å². The van der Waals surface area contributed by atoms with Crippen molar-refractivity contribution in [3.05, 3.63) is 89.3 Å². The summed E-state index contributed by atoms with van der Waals surface area (Å²) in [5.41, 5.74) is 6.96. The van der Waals surface area contributed by atoms with E-state index >= 15 is 0 Å². The Bertz CT molecular complexity index is 1250. The maximum atomic E-state index is 10.6. The minimum Gasteiger partial charge on any atom is -0.395 e. The molecule has 0 bridgehead atoms. The van der Waals surface area contributed by atoms with E-state index in [1.54, 1.807) is 0 Å². The number of aromatic amines is 2. The average molecular weight is 383 g/mol. The van der Waals surface area contributed by atoms with Gasteiger partial charge in [0.25, 0.3) is 0 Å². The zero-order chi connectivity index (χ0) is 20.0. The molecule has 1 aliphatic rings. The number of allylic oxidation sites excluding steroid dienone is 2. The molecule has 0 unspecified atom stereocenters. The molecule has 3 heteroatoms. The molecule has 1 aliphatic carbocycles. The lowest BCUT2D eigenvalue weighted by Crippen LogP contribution is -2.25. The van der Waals surface area contributed by atoms with E-state index < -0.39 is 0 Å². The van der Waals surface area contributed by atoms with E-state index in [2.05, 4.69) is 84.5 Å². The van der Waals surface area contributed by atoms with Gasteiger partial charge in [-0.15, -0.1) is 0 Å². The molecule has 0 radical (unpaired) electrons. The number of aliphatic hydroxyl groups excluding tert-OH is 1. The van der Waals surface area contributed by atoms with Crippen LogP contribution >= 0.6 is 0 Å². The van der Waals surface area contributed by atoms with Crippen molar-refractivity contribution in [3.8, 4) is 0 Å². The van der Waals surface area contributed by atoms with Gasteiger partial charge in [-0.2, -0.15) is 0 Å². The van der Waals surface area contributed by atoms with Crippen LogP contribution in [0.25, 0.3) is 27.9 Å². The summed E-state index contributed by atoms with van der Waals surface area (Å²) in [6, 6.07) is 15.1. The van der Waals surface area contributed by atoms with Crippen LogP contribution in [0.4, 0.5) is 0 Å². The van der Waals surface area contributed by atoms with Crippen LogP contribution in [0.5, 0.6) is 0 Å². The molecular formula is C26H26N2O. The molecule has 0 fully saturated rings. The SMILES string of the molecule is CC(C)=C[C@H]1C[C@@](/C=C/c2ccc3[nH]ccc3c2)(CO)c2cc3cc[nH]c3cc21. The second-order valence-electron chi connectivity index (χ2n) is 8.53. The summed E-state index contributed by atoms with van der Waals surface area (Å²) in [5, 5.41) is 13.0. The molecule has 2 heterocycles. The number of aromatic nitrogens is 2. The van der Waals surface area contributed by atoms with Gasteiger partial charge in [-0.3, -0.25) is 0 Å². The molecule has 2 atom stereocenters. The number of hydrogen-bond acceptors (Lipinski definition) is 1. The van der Waals surface area contributed by atoms with Crippen molar-refractivity contribution in [1.29, 1.82) is 0 Å². The maximum Gasteiger partial charge on any atom is 0.0563 e. The van der Waals surface area contributed by atoms with Crippen LogP contribution in [-0.2, 0) is 5.41 Å². The van der Waals surface area contributed by atoms with Gasteiger partial charge in [0.05, 0.1) is 6.61 Å². The molecule has 0 saturated carbocycles. The number of rotatable bonds is 4. The molecule has 0 spiro atoms. The van der Waals surface area contributed by atoms with Gasteiger partial charge in [-0.1, -0.05) is 29.9 Å². The van der Waals surface area contributed by atoms with E-state index in [0.29, 0.717) is 5.92 Å². The first-order chi connectivity index (χ1) is 14.1. The van der Waals surface area contributed by atoms with Gasteiger partial charge < -0.3 is 15.1 Å². The summed E-state index contributed by atoms with van der Waals surface area (Å²) in [5.74, 6) is 0.312. The molecule has 2 aromatic carbocycles. The second kappa shape index (κ2) is 6.78. The highest BCUT2D eigenvalue weighted by Crippen LogP contribution is 2.49. The summed E-state index contributed by atoms with van der Waals surface area (Å²) in [7, 11) is 0.